The molecule has 0 aliphatic rings. The number of aromatic nitrogens is 2. The first-order valence-corrected chi connectivity index (χ1v) is 10.0. The van der Waals surface area contributed by atoms with Crippen LogP contribution >= 0.6 is 0 Å². The quantitative estimate of drug-likeness (QED) is 0.212. The fraction of sp³-hybridized carbons (Fsp3) is 0. The second kappa shape index (κ2) is 12.3. The molecule has 2 aromatic heterocycles. The summed E-state index contributed by atoms with van der Waals surface area (Å²) in [5.41, 5.74) is 3.88. The number of pyridine rings is 2. The molecule has 0 amide bonds. The molecule has 32 heavy (non-hydrogen) atoms. The zero-order valence-corrected chi connectivity index (χ0v) is 19.6. The van der Waals surface area contributed by atoms with Crippen LogP contribution in [0.25, 0.3) is 11.3 Å². The summed E-state index contributed by atoms with van der Waals surface area (Å²) in [4.78, 5) is 10.8. The fourth-order valence-corrected chi connectivity index (χ4v) is 3.06. The summed E-state index contributed by atoms with van der Waals surface area (Å²) in [6.07, 6.45) is 3.50. The molecule has 3 aromatic carbocycles. The van der Waals surface area contributed by atoms with Gasteiger partial charge in [-0.25, -0.2) is 0 Å². The molecule has 0 unspecified atom stereocenters. The second-order valence-corrected chi connectivity index (χ2v) is 6.60. The smallest absolute Gasteiger partial charge is 0.320 e. The molecule has 0 spiro atoms. The first-order chi connectivity index (χ1) is 15.4. The minimum Gasteiger partial charge on any atom is -0.320 e. The Kier molecular flexibility index (Phi) is 8.91. The fourth-order valence-electron chi connectivity index (χ4n) is 3.06. The Morgan fingerprint density at radius 3 is 1.88 bits per heavy atom. The van der Waals surface area contributed by atoms with Gasteiger partial charge in [0.1, 0.15) is 5.82 Å². The number of anilines is 3. The Bertz CT molecular complexity index is 1100. The summed E-state index contributed by atoms with van der Waals surface area (Å²) in [7, 11) is 0. The molecule has 5 aromatic rings. The molecule has 3 nitrogen and oxygen atoms in total. The van der Waals surface area contributed by atoms with Crippen molar-refractivity contribution in [3.05, 3.63) is 140 Å². The van der Waals surface area contributed by atoms with E-state index >= 15 is 0 Å². The van der Waals surface area contributed by atoms with E-state index < -0.39 is 0 Å². The first kappa shape index (κ1) is 23.1. The average molecular weight is 595 g/mol. The molecule has 2 heterocycles. The van der Waals surface area contributed by atoms with Crippen LogP contribution in [0.3, 0.4) is 0 Å². The molecule has 4 heteroatoms. The maximum Gasteiger partial charge on any atom is 2.00 e. The summed E-state index contributed by atoms with van der Waals surface area (Å²) in [5.74, 6) is 0.850. The van der Waals surface area contributed by atoms with Gasteiger partial charge in [-0.3, -0.25) is 9.97 Å². The summed E-state index contributed by atoms with van der Waals surface area (Å²) in [5, 5.41) is 0. The Morgan fingerprint density at radius 1 is 0.594 bits per heavy atom. The number of hydrogen-bond donors (Lipinski definition) is 0. The predicted octanol–water partition coefficient (Wildman–Crippen LogP) is 6.90. The van der Waals surface area contributed by atoms with Gasteiger partial charge in [-0.05, 0) is 36.0 Å². The molecule has 158 valence electrons. The number of rotatable bonds is 4. The Morgan fingerprint density at radius 2 is 1.28 bits per heavy atom. The molecule has 5 rings (SSSR count). The number of para-hydroxylation sites is 2. The average Bonchev–Trinajstić information content (AvgIpc) is 2.88. The summed E-state index contributed by atoms with van der Waals surface area (Å²) in [6, 6.07) is 44.3. The van der Waals surface area contributed by atoms with Gasteiger partial charge >= 0.3 is 21.1 Å². The van der Waals surface area contributed by atoms with Crippen LogP contribution in [-0.2, 0) is 21.1 Å². The van der Waals surface area contributed by atoms with Gasteiger partial charge in [-0.1, -0.05) is 42.1 Å². The minimum absolute atomic E-state index is 0. The Labute approximate surface area is 203 Å². The van der Waals surface area contributed by atoms with Gasteiger partial charge in [0.15, 0.2) is 0 Å². The van der Waals surface area contributed by atoms with Crippen LogP contribution in [0.2, 0.25) is 0 Å². The van der Waals surface area contributed by atoms with Gasteiger partial charge in [-0.15, -0.1) is 42.0 Å². The molecule has 0 bridgehead atoms. The first-order valence-electron chi connectivity index (χ1n) is 10.0. The van der Waals surface area contributed by atoms with Crippen molar-refractivity contribution in [2.45, 2.75) is 0 Å². The van der Waals surface area contributed by atoms with Crippen LogP contribution in [0.5, 0.6) is 0 Å². The van der Waals surface area contributed by atoms with Crippen molar-refractivity contribution < 1.29 is 21.1 Å². The number of benzene rings is 3. The van der Waals surface area contributed by atoms with E-state index in [9.17, 15) is 0 Å². The van der Waals surface area contributed by atoms with Crippen molar-refractivity contribution >= 4 is 17.2 Å². The number of nitrogens with zero attached hydrogens (tertiary/aromatic N) is 3. The van der Waals surface area contributed by atoms with Crippen molar-refractivity contribution in [2.24, 2.45) is 0 Å². The van der Waals surface area contributed by atoms with Crippen LogP contribution in [0.4, 0.5) is 17.2 Å². The molecule has 0 fully saturated rings. The molecular weight excluding hydrogens is 573 g/mol. The summed E-state index contributed by atoms with van der Waals surface area (Å²) < 4.78 is 0. The Balaban J connectivity index is 0.000000360. The van der Waals surface area contributed by atoms with Crippen LogP contribution in [0, 0.1) is 12.1 Å². The molecule has 0 aliphatic carbocycles. The molecular formula is C28H21N3Pt. The Hall–Kier alpha value is -3.55. The normalized spacial score (nSPS) is 9.62. The van der Waals surface area contributed by atoms with E-state index in [1.165, 1.54) is 0 Å². The van der Waals surface area contributed by atoms with Crippen LogP contribution in [0.15, 0.2) is 128 Å². The third kappa shape index (κ3) is 6.23. The van der Waals surface area contributed by atoms with Gasteiger partial charge < -0.3 is 4.90 Å². The van der Waals surface area contributed by atoms with E-state index in [1.54, 1.807) is 12.4 Å². The second-order valence-electron chi connectivity index (χ2n) is 6.60. The molecule has 0 radical (unpaired) electrons. The SMILES string of the molecule is [Pt+2].[c-]1ccccc1-c1cccc(N(c2[c-]cccc2)c2ccccc2)n1.c1ccncc1. The summed E-state index contributed by atoms with van der Waals surface area (Å²) in [6.45, 7) is 0. The third-order valence-corrected chi connectivity index (χ3v) is 4.46. The summed E-state index contributed by atoms with van der Waals surface area (Å²) >= 11 is 0. The maximum absolute atomic E-state index is 4.87. The molecule has 0 saturated carbocycles. The zero-order valence-electron chi connectivity index (χ0n) is 17.3. The molecule has 0 aliphatic heterocycles. The third-order valence-electron chi connectivity index (χ3n) is 4.46. The van der Waals surface area contributed by atoms with Crippen LogP contribution in [0.1, 0.15) is 0 Å². The van der Waals surface area contributed by atoms with E-state index in [1.807, 2.05) is 103 Å². The van der Waals surface area contributed by atoms with E-state index in [0.29, 0.717) is 0 Å². The zero-order chi connectivity index (χ0) is 21.1. The van der Waals surface area contributed by atoms with Crippen molar-refractivity contribution in [3.63, 3.8) is 0 Å². The van der Waals surface area contributed by atoms with E-state index in [-0.39, 0.29) is 21.1 Å². The maximum atomic E-state index is 4.87. The van der Waals surface area contributed by atoms with Crippen molar-refractivity contribution in [2.75, 3.05) is 4.90 Å². The molecule has 0 atom stereocenters. The van der Waals surface area contributed by atoms with Crippen molar-refractivity contribution in [3.8, 4) is 11.3 Å². The van der Waals surface area contributed by atoms with Gasteiger partial charge in [0.25, 0.3) is 0 Å². The monoisotopic (exact) mass is 594 g/mol. The van der Waals surface area contributed by atoms with Crippen LogP contribution in [-0.4, -0.2) is 9.97 Å². The van der Waals surface area contributed by atoms with Crippen LogP contribution < -0.4 is 4.90 Å². The predicted molar refractivity (Wildman–Crippen MR) is 126 cm³/mol. The molecule has 0 saturated heterocycles. The van der Waals surface area contributed by atoms with E-state index in [0.717, 1.165) is 28.5 Å². The largest absolute Gasteiger partial charge is 2.00 e. The standard InChI is InChI=1S/C23H16N2.C5H5N.Pt/c1-4-11-19(12-5-1)22-17-10-18-23(24-22)25(20-13-6-2-7-14-20)21-15-8-3-9-16-21;1-2-4-6-5-3-1;/h1-11,13-15,17-18H;1-5H;/q-2;;+2. The van der Waals surface area contributed by atoms with Gasteiger partial charge in [0.05, 0.1) is 0 Å². The molecule has 0 N–H and O–H groups in total. The van der Waals surface area contributed by atoms with Gasteiger partial charge in [-0.2, -0.15) is 24.3 Å². The van der Waals surface area contributed by atoms with E-state index in [2.05, 4.69) is 34.1 Å². The van der Waals surface area contributed by atoms with Gasteiger partial charge in [0.2, 0.25) is 0 Å². The minimum atomic E-state index is 0. The van der Waals surface area contributed by atoms with Crippen molar-refractivity contribution in [1.82, 2.24) is 9.97 Å². The van der Waals surface area contributed by atoms with E-state index in [4.69, 9.17) is 4.98 Å². The topological polar surface area (TPSA) is 29.0 Å². The van der Waals surface area contributed by atoms with Gasteiger partial charge in [0, 0.05) is 18.1 Å². The number of hydrogen-bond acceptors (Lipinski definition) is 3. The van der Waals surface area contributed by atoms with Crippen molar-refractivity contribution in [1.29, 1.82) is 0 Å².